The first-order valence-corrected chi connectivity index (χ1v) is 5.49. The molecule has 0 aliphatic rings. The molecular weight excluding hydrogens is 214 g/mol. The molecule has 86 valence electrons. The van der Waals surface area contributed by atoms with E-state index >= 15 is 0 Å². The van der Waals surface area contributed by atoms with E-state index in [1.54, 1.807) is 19.2 Å². The SMILES string of the molecule is CCOC(=O)C=Cc1cnc2ccccc2c1. The normalized spacial score (nSPS) is 10.9. The van der Waals surface area contributed by atoms with Crippen LogP contribution in [0.2, 0.25) is 0 Å². The molecule has 0 radical (unpaired) electrons. The van der Waals surface area contributed by atoms with E-state index in [1.807, 2.05) is 30.3 Å². The van der Waals surface area contributed by atoms with Gasteiger partial charge in [-0.25, -0.2) is 4.79 Å². The van der Waals surface area contributed by atoms with Crippen molar-refractivity contribution in [2.45, 2.75) is 6.92 Å². The summed E-state index contributed by atoms with van der Waals surface area (Å²) in [5.41, 5.74) is 1.83. The third-order valence-electron chi connectivity index (χ3n) is 2.31. The van der Waals surface area contributed by atoms with Gasteiger partial charge >= 0.3 is 5.97 Å². The average Bonchev–Trinajstić information content (AvgIpc) is 2.36. The number of carbonyl (C=O) groups excluding carboxylic acids is 1. The van der Waals surface area contributed by atoms with Gasteiger partial charge in [0.2, 0.25) is 0 Å². The van der Waals surface area contributed by atoms with Crippen LogP contribution in [0.15, 0.2) is 42.6 Å². The Morgan fingerprint density at radius 1 is 1.41 bits per heavy atom. The zero-order valence-corrected chi connectivity index (χ0v) is 9.59. The lowest BCUT2D eigenvalue weighted by atomic mass is 10.1. The Bertz CT molecular complexity index is 561. The minimum Gasteiger partial charge on any atom is -0.463 e. The number of esters is 1. The van der Waals surface area contributed by atoms with Crippen LogP contribution in [0.4, 0.5) is 0 Å². The van der Waals surface area contributed by atoms with Gasteiger partial charge in [-0.15, -0.1) is 0 Å². The molecule has 3 nitrogen and oxygen atoms in total. The van der Waals surface area contributed by atoms with Gasteiger partial charge in [-0.05, 0) is 30.7 Å². The van der Waals surface area contributed by atoms with Crippen LogP contribution in [0.3, 0.4) is 0 Å². The van der Waals surface area contributed by atoms with E-state index in [0.717, 1.165) is 16.5 Å². The van der Waals surface area contributed by atoms with E-state index in [9.17, 15) is 4.79 Å². The third-order valence-corrected chi connectivity index (χ3v) is 2.31. The smallest absolute Gasteiger partial charge is 0.330 e. The summed E-state index contributed by atoms with van der Waals surface area (Å²) in [6.07, 6.45) is 4.85. The molecule has 2 aromatic rings. The largest absolute Gasteiger partial charge is 0.463 e. The lowest BCUT2D eigenvalue weighted by molar-refractivity contribution is -0.137. The van der Waals surface area contributed by atoms with Crippen molar-refractivity contribution in [1.82, 2.24) is 4.98 Å². The Morgan fingerprint density at radius 3 is 3.06 bits per heavy atom. The van der Waals surface area contributed by atoms with E-state index in [1.165, 1.54) is 6.08 Å². The Labute approximate surface area is 99.7 Å². The number of rotatable bonds is 3. The highest BCUT2D eigenvalue weighted by molar-refractivity contribution is 5.88. The first-order valence-electron chi connectivity index (χ1n) is 5.49. The summed E-state index contributed by atoms with van der Waals surface area (Å²) >= 11 is 0. The van der Waals surface area contributed by atoms with Crippen LogP contribution in [0.25, 0.3) is 17.0 Å². The first-order chi connectivity index (χ1) is 8.29. The van der Waals surface area contributed by atoms with Gasteiger partial charge in [0.15, 0.2) is 0 Å². The van der Waals surface area contributed by atoms with Gasteiger partial charge in [0, 0.05) is 17.7 Å². The zero-order chi connectivity index (χ0) is 12.1. The molecule has 0 saturated carbocycles. The molecule has 2 rings (SSSR count). The molecule has 0 aliphatic heterocycles. The van der Waals surface area contributed by atoms with Crippen LogP contribution in [-0.2, 0) is 9.53 Å². The third kappa shape index (κ3) is 2.91. The highest BCUT2D eigenvalue weighted by atomic mass is 16.5. The standard InChI is InChI=1S/C14H13NO2/c1-2-17-14(16)8-7-11-9-12-5-3-4-6-13(12)15-10-11/h3-10H,2H2,1H3. The van der Waals surface area contributed by atoms with E-state index in [2.05, 4.69) is 4.98 Å². The Morgan fingerprint density at radius 2 is 2.24 bits per heavy atom. The predicted octanol–water partition coefficient (Wildman–Crippen LogP) is 2.81. The maximum absolute atomic E-state index is 11.2. The Kier molecular flexibility index (Phi) is 3.50. The predicted molar refractivity (Wildman–Crippen MR) is 67.4 cm³/mol. The van der Waals surface area contributed by atoms with Crippen LogP contribution in [-0.4, -0.2) is 17.6 Å². The number of benzene rings is 1. The number of para-hydroxylation sites is 1. The van der Waals surface area contributed by atoms with Crippen molar-refractivity contribution in [1.29, 1.82) is 0 Å². The van der Waals surface area contributed by atoms with E-state index in [-0.39, 0.29) is 5.97 Å². The summed E-state index contributed by atoms with van der Waals surface area (Å²) in [5.74, 6) is -0.333. The van der Waals surface area contributed by atoms with Gasteiger partial charge in [0.25, 0.3) is 0 Å². The molecule has 0 bridgehead atoms. The lowest BCUT2D eigenvalue weighted by Gasteiger charge is -1.98. The molecule has 0 saturated heterocycles. The molecule has 0 fully saturated rings. The van der Waals surface area contributed by atoms with E-state index in [4.69, 9.17) is 4.74 Å². The van der Waals surface area contributed by atoms with Gasteiger partial charge in [0.1, 0.15) is 0 Å². The summed E-state index contributed by atoms with van der Waals surface area (Å²) in [5, 5.41) is 1.05. The minimum atomic E-state index is -0.333. The topological polar surface area (TPSA) is 39.2 Å². The van der Waals surface area contributed by atoms with Gasteiger partial charge in [-0.3, -0.25) is 4.98 Å². The molecular formula is C14H13NO2. The number of pyridine rings is 1. The van der Waals surface area contributed by atoms with Crippen molar-refractivity contribution in [3.05, 3.63) is 48.2 Å². The highest BCUT2D eigenvalue weighted by Crippen LogP contribution is 2.13. The Hall–Kier alpha value is -2.16. The van der Waals surface area contributed by atoms with Gasteiger partial charge in [-0.1, -0.05) is 18.2 Å². The van der Waals surface area contributed by atoms with Crippen molar-refractivity contribution in [3.63, 3.8) is 0 Å². The molecule has 0 unspecified atom stereocenters. The van der Waals surface area contributed by atoms with Crippen molar-refractivity contribution in [2.24, 2.45) is 0 Å². The van der Waals surface area contributed by atoms with Gasteiger partial charge in [-0.2, -0.15) is 0 Å². The highest BCUT2D eigenvalue weighted by Gasteiger charge is 1.96. The molecule has 0 amide bonds. The monoisotopic (exact) mass is 227 g/mol. The second kappa shape index (κ2) is 5.25. The lowest BCUT2D eigenvalue weighted by Crippen LogP contribution is -1.98. The van der Waals surface area contributed by atoms with Crippen LogP contribution in [0.5, 0.6) is 0 Å². The zero-order valence-electron chi connectivity index (χ0n) is 9.59. The first kappa shape index (κ1) is 11.3. The van der Waals surface area contributed by atoms with Crippen molar-refractivity contribution in [3.8, 4) is 0 Å². The number of hydrogen-bond donors (Lipinski definition) is 0. The maximum Gasteiger partial charge on any atom is 0.330 e. The van der Waals surface area contributed by atoms with Gasteiger partial charge < -0.3 is 4.74 Å². The maximum atomic E-state index is 11.2. The number of carbonyl (C=O) groups is 1. The number of fused-ring (bicyclic) bond motifs is 1. The fourth-order valence-corrected chi connectivity index (χ4v) is 1.53. The molecule has 17 heavy (non-hydrogen) atoms. The summed E-state index contributed by atoms with van der Waals surface area (Å²) in [4.78, 5) is 15.5. The van der Waals surface area contributed by atoms with Crippen molar-refractivity contribution < 1.29 is 9.53 Å². The van der Waals surface area contributed by atoms with Crippen LogP contribution in [0, 0.1) is 0 Å². The molecule has 1 aromatic carbocycles. The van der Waals surface area contributed by atoms with Gasteiger partial charge in [0.05, 0.1) is 12.1 Å². The van der Waals surface area contributed by atoms with E-state index < -0.39 is 0 Å². The van der Waals surface area contributed by atoms with Crippen LogP contribution < -0.4 is 0 Å². The summed E-state index contributed by atoms with van der Waals surface area (Å²) in [7, 11) is 0. The molecule has 3 heteroatoms. The summed E-state index contributed by atoms with van der Waals surface area (Å²) in [6, 6.07) is 9.84. The van der Waals surface area contributed by atoms with Crippen LogP contribution in [0.1, 0.15) is 12.5 Å². The fourth-order valence-electron chi connectivity index (χ4n) is 1.53. The quantitative estimate of drug-likeness (QED) is 0.598. The molecule has 0 N–H and O–H groups in total. The second-order valence-electron chi connectivity index (χ2n) is 3.55. The number of nitrogens with zero attached hydrogens (tertiary/aromatic N) is 1. The molecule has 1 heterocycles. The molecule has 1 aromatic heterocycles. The average molecular weight is 227 g/mol. The van der Waals surface area contributed by atoms with Crippen molar-refractivity contribution >= 4 is 22.9 Å². The fraction of sp³-hybridized carbons (Fsp3) is 0.143. The molecule has 0 atom stereocenters. The minimum absolute atomic E-state index is 0.333. The Balaban J connectivity index is 2.22. The number of ether oxygens (including phenoxy) is 1. The number of hydrogen-bond acceptors (Lipinski definition) is 3. The second-order valence-corrected chi connectivity index (χ2v) is 3.55. The van der Waals surface area contributed by atoms with Crippen LogP contribution >= 0.6 is 0 Å². The summed E-state index contributed by atoms with van der Waals surface area (Å²) < 4.78 is 4.80. The van der Waals surface area contributed by atoms with E-state index in [0.29, 0.717) is 6.61 Å². The van der Waals surface area contributed by atoms with Crippen molar-refractivity contribution in [2.75, 3.05) is 6.61 Å². The molecule has 0 aliphatic carbocycles. The number of aromatic nitrogens is 1. The molecule has 0 spiro atoms. The summed E-state index contributed by atoms with van der Waals surface area (Å²) in [6.45, 7) is 2.17.